The molecule has 0 aromatic heterocycles. The maximum Gasteiger partial charge on any atom is 0.310 e. The van der Waals surface area contributed by atoms with Gasteiger partial charge < -0.3 is 18.9 Å². The van der Waals surface area contributed by atoms with Crippen molar-refractivity contribution in [1.82, 2.24) is 0 Å². The van der Waals surface area contributed by atoms with E-state index in [-0.39, 0.29) is 30.7 Å². The van der Waals surface area contributed by atoms with Crippen LogP contribution in [0, 0.1) is 0 Å². The fourth-order valence-corrected chi connectivity index (χ4v) is 2.24. The number of ether oxygens (including phenoxy) is 4. The molecule has 0 aromatic carbocycles. The van der Waals surface area contributed by atoms with Gasteiger partial charge in [-0.15, -0.1) is 0 Å². The Hall–Kier alpha value is -0.650. The van der Waals surface area contributed by atoms with Crippen molar-refractivity contribution in [1.29, 1.82) is 0 Å². The summed E-state index contributed by atoms with van der Waals surface area (Å²) >= 11 is 0. The monoisotopic (exact) mass is 200 g/mol. The van der Waals surface area contributed by atoms with E-state index in [0.717, 1.165) is 0 Å². The molecular formula is C9H12O5. The molecule has 5 nitrogen and oxygen atoms in total. The Bertz CT molecular complexity index is 263. The average molecular weight is 200 g/mol. The van der Waals surface area contributed by atoms with E-state index in [1.165, 1.54) is 0 Å². The van der Waals surface area contributed by atoms with Gasteiger partial charge in [-0.2, -0.15) is 0 Å². The lowest BCUT2D eigenvalue weighted by atomic mass is 10.1. The molecule has 0 aliphatic carbocycles. The number of hydrogen-bond donors (Lipinski definition) is 0. The van der Waals surface area contributed by atoms with E-state index in [4.69, 9.17) is 18.9 Å². The number of esters is 1. The molecule has 0 N–H and O–H groups in total. The first-order valence-electron chi connectivity index (χ1n) is 4.76. The molecule has 0 aromatic rings. The molecule has 3 heterocycles. The summed E-state index contributed by atoms with van der Waals surface area (Å²) in [5.74, 6) is -0.829. The standard InChI is InChI=1S/C9H12O5/c1-9(2)13-6-4-3-5(10)12-8(11-4)7(6)14-9/h4,6-8H,3H2,1-2H3/t4-,6-,7-,8+/m1/s1. The molecule has 78 valence electrons. The van der Waals surface area contributed by atoms with Crippen molar-refractivity contribution in [3.05, 3.63) is 0 Å². The van der Waals surface area contributed by atoms with Gasteiger partial charge in [-0.3, -0.25) is 4.79 Å². The molecule has 0 spiro atoms. The van der Waals surface area contributed by atoms with Gasteiger partial charge in [-0.1, -0.05) is 0 Å². The molecule has 0 unspecified atom stereocenters. The zero-order valence-corrected chi connectivity index (χ0v) is 8.06. The summed E-state index contributed by atoms with van der Waals surface area (Å²) in [6.07, 6.45) is -0.944. The summed E-state index contributed by atoms with van der Waals surface area (Å²) < 4.78 is 21.7. The predicted molar refractivity (Wildman–Crippen MR) is 43.2 cm³/mol. The van der Waals surface area contributed by atoms with Crippen LogP contribution in [0.3, 0.4) is 0 Å². The van der Waals surface area contributed by atoms with Gasteiger partial charge in [0.15, 0.2) is 11.9 Å². The Labute approximate surface area is 81.3 Å². The minimum absolute atomic E-state index is 0.165. The Morgan fingerprint density at radius 1 is 1.29 bits per heavy atom. The molecular weight excluding hydrogens is 188 g/mol. The SMILES string of the molecule is CC1(C)O[C@H]2[C@@H]3OC(=O)C[C@@H](O3)[C@H]2O1. The molecule has 0 radical (unpaired) electrons. The summed E-state index contributed by atoms with van der Waals surface area (Å²) in [4.78, 5) is 11.1. The van der Waals surface area contributed by atoms with Crippen molar-refractivity contribution in [3.8, 4) is 0 Å². The molecule has 3 fully saturated rings. The van der Waals surface area contributed by atoms with Gasteiger partial charge in [-0.05, 0) is 13.8 Å². The third-order valence-electron chi connectivity index (χ3n) is 2.72. The lowest BCUT2D eigenvalue weighted by Crippen LogP contribution is -2.36. The lowest BCUT2D eigenvalue weighted by molar-refractivity contribution is -0.248. The minimum Gasteiger partial charge on any atom is -0.433 e. The second kappa shape index (κ2) is 2.48. The van der Waals surface area contributed by atoms with Crippen molar-refractivity contribution in [2.45, 2.75) is 50.7 Å². The quantitative estimate of drug-likeness (QED) is 0.522. The van der Waals surface area contributed by atoms with E-state index < -0.39 is 12.1 Å². The summed E-state index contributed by atoms with van der Waals surface area (Å²) in [6.45, 7) is 3.70. The Kier molecular flexibility index (Phi) is 1.53. The van der Waals surface area contributed by atoms with Crippen LogP contribution < -0.4 is 0 Å². The van der Waals surface area contributed by atoms with Crippen LogP contribution in [0.25, 0.3) is 0 Å². The van der Waals surface area contributed by atoms with Crippen LogP contribution in [0.4, 0.5) is 0 Å². The topological polar surface area (TPSA) is 54.0 Å². The zero-order chi connectivity index (χ0) is 9.92. The van der Waals surface area contributed by atoms with Crippen LogP contribution in [-0.4, -0.2) is 36.4 Å². The van der Waals surface area contributed by atoms with Crippen molar-refractivity contribution in [2.24, 2.45) is 0 Å². The highest BCUT2D eigenvalue weighted by Gasteiger charge is 2.59. The van der Waals surface area contributed by atoms with Crippen LogP contribution in [0.5, 0.6) is 0 Å². The van der Waals surface area contributed by atoms with E-state index in [1.807, 2.05) is 13.8 Å². The second-order valence-corrected chi connectivity index (χ2v) is 4.30. The van der Waals surface area contributed by atoms with Gasteiger partial charge in [0.25, 0.3) is 0 Å². The Morgan fingerprint density at radius 2 is 2.00 bits per heavy atom. The molecule has 3 rings (SSSR count). The molecule has 0 amide bonds. The molecule has 2 bridgehead atoms. The first-order chi connectivity index (χ1) is 6.55. The van der Waals surface area contributed by atoms with Crippen molar-refractivity contribution >= 4 is 5.97 Å². The molecule has 3 aliphatic heterocycles. The van der Waals surface area contributed by atoms with Gasteiger partial charge in [-0.25, -0.2) is 0 Å². The lowest BCUT2D eigenvalue weighted by Gasteiger charge is -2.26. The van der Waals surface area contributed by atoms with Crippen LogP contribution in [0.15, 0.2) is 0 Å². The maximum absolute atomic E-state index is 11.1. The molecule has 3 aliphatic rings. The molecule has 5 heteroatoms. The highest BCUT2D eigenvalue weighted by Crippen LogP contribution is 2.42. The summed E-state index contributed by atoms with van der Waals surface area (Å²) in [5, 5.41) is 0. The first-order valence-corrected chi connectivity index (χ1v) is 4.76. The van der Waals surface area contributed by atoms with Crippen LogP contribution in [-0.2, 0) is 23.7 Å². The van der Waals surface area contributed by atoms with Gasteiger partial charge >= 0.3 is 5.97 Å². The minimum atomic E-state index is -0.598. The largest absolute Gasteiger partial charge is 0.433 e. The zero-order valence-electron chi connectivity index (χ0n) is 8.06. The van der Waals surface area contributed by atoms with Crippen molar-refractivity contribution in [2.75, 3.05) is 0 Å². The number of carbonyl (C=O) groups excluding carboxylic acids is 1. The first kappa shape index (κ1) is 8.64. The van der Waals surface area contributed by atoms with Crippen LogP contribution >= 0.6 is 0 Å². The predicted octanol–water partition coefficient (Wildman–Crippen LogP) is 0.178. The van der Waals surface area contributed by atoms with Gasteiger partial charge in [0.2, 0.25) is 6.29 Å². The van der Waals surface area contributed by atoms with E-state index >= 15 is 0 Å². The normalized spacial score (nSPS) is 48.9. The van der Waals surface area contributed by atoms with Crippen molar-refractivity contribution < 1.29 is 23.7 Å². The average Bonchev–Trinajstić information content (AvgIpc) is 2.49. The van der Waals surface area contributed by atoms with Crippen LogP contribution in [0.1, 0.15) is 20.3 Å². The second-order valence-electron chi connectivity index (χ2n) is 4.30. The van der Waals surface area contributed by atoms with Gasteiger partial charge in [0, 0.05) is 0 Å². The fourth-order valence-electron chi connectivity index (χ4n) is 2.24. The summed E-state index contributed by atoms with van der Waals surface area (Å²) in [7, 11) is 0. The number of rotatable bonds is 0. The number of fused-ring (bicyclic) bond motifs is 5. The highest BCUT2D eigenvalue weighted by molar-refractivity contribution is 5.71. The molecule has 4 atom stereocenters. The van der Waals surface area contributed by atoms with Crippen LogP contribution in [0.2, 0.25) is 0 Å². The van der Waals surface area contributed by atoms with Crippen molar-refractivity contribution in [3.63, 3.8) is 0 Å². The van der Waals surface area contributed by atoms with E-state index in [1.54, 1.807) is 0 Å². The summed E-state index contributed by atoms with van der Waals surface area (Å²) in [5.41, 5.74) is 0. The van der Waals surface area contributed by atoms with E-state index in [0.29, 0.717) is 0 Å². The van der Waals surface area contributed by atoms with E-state index in [9.17, 15) is 4.79 Å². The molecule has 3 saturated heterocycles. The maximum atomic E-state index is 11.1. The fraction of sp³-hybridized carbons (Fsp3) is 0.889. The Morgan fingerprint density at radius 3 is 2.79 bits per heavy atom. The number of hydrogen-bond acceptors (Lipinski definition) is 5. The third kappa shape index (κ3) is 1.09. The highest BCUT2D eigenvalue weighted by atomic mass is 16.8. The van der Waals surface area contributed by atoms with Gasteiger partial charge in [0.1, 0.15) is 12.2 Å². The Balaban J connectivity index is 1.87. The molecule has 0 saturated carbocycles. The van der Waals surface area contributed by atoms with E-state index in [2.05, 4.69) is 0 Å². The van der Waals surface area contributed by atoms with Gasteiger partial charge in [0.05, 0.1) is 6.42 Å². The molecule has 14 heavy (non-hydrogen) atoms. The number of carbonyl (C=O) groups is 1. The third-order valence-corrected chi connectivity index (χ3v) is 2.72. The summed E-state index contributed by atoms with van der Waals surface area (Å²) in [6, 6.07) is 0. The smallest absolute Gasteiger partial charge is 0.310 e.